The van der Waals surface area contributed by atoms with Gasteiger partial charge in [0.1, 0.15) is 5.25 Å². The Bertz CT molecular complexity index is 1190. The second-order valence-electron chi connectivity index (χ2n) is 8.12. The summed E-state index contributed by atoms with van der Waals surface area (Å²) in [5.41, 5.74) is 1.88. The van der Waals surface area contributed by atoms with Crippen LogP contribution in [0, 0.1) is 0 Å². The molecule has 180 valence electrons. The molecule has 9 heteroatoms. The van der Waals surface area contributed by atoms with Gasteiger partial charge in [0.05, 0.1) is 4.90 Å². The van der Waals surface area contributed by atoms with Crippen LogP contribution in [0.2, 0.25) is 0 Å². The molecule has 34 heavy (non-hydrogen) atoms. The fourth-order valence-electron chi connectivity index (χ4n) is 3.69. The number of hydrogen-bond donors (Lipinski definition) is 3. The number of benzene rings is 2. The highest BCUT2D eigenvalue weighted by Gasteiger charge is 2.49. The molecule has 0 fully saturated rings. The molecular formula is C25H28N2O5S2. The number of nitrogens with one attached hydrogen (secondary N) is 1. The Balaban J connectivity index is 1.81. The summed E-state index contributed by atoms with van der Waals surface area (Å²) in [5, 5.41) is 18.8. The third-order valence-corrected chi connectivity index (χ3v) is 9.29. The van der Waals surface area contributed by atoms with Crippen molar-refractivity contribution >= 4 is 27.5 Å². The SMILES string of the molecule is CC(CC(O)(C(=O)NO)C(C)S(=O)(=O)c1ccc(-c2ccncc2)cc1)SCc1ccccc1. The highest BCUT2D eigenvalue weighted by Crippen LogP contribution is 2.33. The Morgan fingerprint density at radius 2 is 1.59 bits per heavy atom. The summed E-state index contributed by atoms with van der Waals surface area (Å²) in [4.78, 5) is 16.5. The third-order valence-electron chi connectivity index (χ3n) is 5.81. The zero-order chi connectivity index (χ0) is 24.8. The lowest BCUT2D eigenvalue weighted by Gasteiger charge is -2.33. The van der Waals surface area contributed by atoms with Crippen LogP contribution >= 0.6 is 11.8 Å². The van der Waals surface area contributed by atoms with Gasteiger partial charge in [-0.2, -0.15) is 11.8 Å². The topological polar surface area (TPSA) is 117 Å². The van der Waals surface area contributed by atoms with E-state index in [1.54, 1.807) is 24.5 Å². The van der Waals surface area contributed by atoms with Gasteiger partial charge in [-0.15, -0.1) is 0 Å². The molecule has 0 radical (unpaired) electrons. The average Bonchev–Trinajstić information content (AvgIpc) is 2.87. The molecule has 7 nitrogen and oxygen atoms in total. The smallest absolute Gasteiger partial charge is 0.276 e. The van der Waals surface area contributed by atoms with E-state index in [9.17, 15) is 23.5 Å². The lowest BCUT2D eigenvalue weighted by atomic mass is 9.93. The van der Waals surface area contributed by atoms with Crippen LogP contribution in [0.1, 0.15) is 25.8 Å². The van der Waals surface area contributed by atoms with E-state index in [1.807, 2.05) is 49.4 Å². The van der Waals surface area contributed by atoms with E-state index < -0.39 is 26.6 Å². The van der Waals surface area contributed by atoms with E-state index in [-0.39, 0.29) is 16.6 Å². The fourth-order valence-corrected chi connectivity index (χ4v) is 6.37. The first-order chi connectivity index (χ1) is 16.2. The van der Waals surface area contributed by atoms with E-state index in [2.05, 4.69) is 4.98 Å². The maximum Gasteiger partial charge on any atom is 0.276 e. The Hall–Kier alpha value is -2.72. The Morgan fingerprint density at radius 1 is 1.00 bits per heavy atom. The number of hydrogen-bond acceptors (Lipinski definition) is 7. The van der Waals surface area contributed by atoms with Gasteiger partial charge in [0, 0.05) is 23.4 Å². The van der Waals surface area contributed by atoms with Crippen molar-refractivity contribution in [3.63, 3.8) is 0 Å². The van der Waals surface area contributed by atoms with Gasteiger partial charge >= 0.3 is 0 Å². The molecule has 2 aromatic carbocycles. The summed E-state index contributed by atoms with van der Waals surface area (Å²) < 4.78 is 26.7. The van der Waals surface area contributed by atoms with Crippen molar-refractivity contribution in [1.29, 1.82) is 0 Å². The Kier molecular flexibility index (Phi) is 8.48. The largest absolute Gasteiger partial charge is 0.379 e. The molecule has 3 atom stereocenters. The molecule has 0 aliphatic heterocycles. The number of pyridine rings is 1. The molecule has 3 unspecified atom stereocenters. The monoisotopic (exact) mass is 500 g/mol. The first kappa shape index (κ1) is 25.9. The minimum Gasteiger partial charge on any atom is -0.379 e. The summed E-state index contributed by atoms with van der Waals surface area (Å²) in [6.45, 7) is 3.10. The van der Waals surface area contributed by atoms with Gasteiger partial charge in [0.15, 0.2) is 15.4 Å². The minimum atomic E-state index is -4.11. The number of amides is 1. The molecule has 1 aromatic heterocycles. The van der Waals surface area contributed by atoms with Gasteiger partial charge in [0.2, 0.25) is 0 Å². The molecular weight excluding hydrogens is 472 g/mol. The zero-order valence-electron chi connectivity index (χ0n) is 19.0. The quantitative estimate of drug-likeness (QED) is 0.286. The summed E-state index contributed by atoms with van der Waals surface area (Å²) in [6.07, 6.45) is 3.13. The maximum atomic E-state index is 13.4. The molecule has 0 saturated carbocycles. The van der Waals surface area contributed by atoms with Crippen molar-refractivity contribution in [2.75, 3.05) is 0 Å². The van der Waals surface area contributed by atoms with Crippen molar-refractivity contribution in [1.82, 2.24) is 10.5 Å². The van der Waals surface area contributed by atoms with Gasteiger partial charge in [-0.1, -0.05) is 49.4 Å². The molecule has 3 N–H and O–H groups in total. The van der Waals surface area contributed by atoms with Crippen molar-refractivity contribution in [2.24, 2.45) is 0 Å². The van der Waals surface area contributed by atoms with Crippen LogP contribution in [0.5, 0.6) is 0 Å². The lowest BCUT2D eigenvalue weighted by molar-refractivity contribution is -0.149. The number of rotatable bonds is 10. The highest BCUT2D eigenvalue weighted by atomic mass is 32.2. The number of aromatic nitrogens is 1. The van der Waals surface area contributed by atoms with Gasteiger partial charge < -0.3 is 5.11 Å². The molecule has 0 bridgehead atoms. The zero-order valence-corrected chi connectivity index (χ0v) is 20.6. The summed E-state index contributed by atoms with van der Waals surface area (Å²) in [5.74, 6) is -0.514. The molecule has 0 spiro atoms. The van der Waals surface area contributed by atoms with Crippen LogP contribution in [0.25, 0.3) is 11.1 Å². The highest BCUT2D eigenvalue weighted by molar-refractivity contribution is 7.99. The second-order valence-corrected chi connectivity index (χ2v) is 11.8. The third kappa shape index (κ3) is 5.85. The molecule has 0 aliphatic rings. The predicted octanol–water partition coefficient (Wildman–Crippen LogP) is 3.86. The molecule has 1 amide bonds. The number of sulfone groups is 1. The van der Waals surface area contributed by atoms with Crippen LogP contribution in [0.3, 0.4) is 0 Å². The first-order valence-electron chi connectivity index (χ1n) is 10.8. The number of carbonyl (C=O) groups is 1. The van der Waals surface area contributed by atoms with Gasteiger partial charge in [-0.25, -0.2) is 13.9 Å². The average molecular weight is 501 g/mol. The van der Waals surface area contributed by atoms with Gasteiger partial charge in [-0.3, -0.25) is 15.0 Å². The maximum absolute atomic E-state index is 13.4. The van der Waals surface area contributed by atoms with E-state index in [0.717, 1.165) is 16.7 Å². The molecule has 1 heterocycles. The van der Waals surface area contributed by atoms with Crippen LogP contribution in [0.15, 0.2) is 84.0 Å². The van der Waals surface area contributed by atoms with Gasteiger partial charge in [-0.05, 0) is 54.3 Å². The van der Waals surface area contributed by atoms with Crippen molar-refractivity contribution in [3.05, 3.63) is 84.7 Å². The van der Waals surface area contributed by atoms with E-state index in [0.29, 0.717) is 5.75 Å². The normalized spacial score (nSPS) is 15.2. The number of thioether (sulfide) groups is 1. The van der Waals surface area contributed by atoms with E-state index in [4.69, 9.17) is 0 Å². The van der Waals surface area contributed by atoms with E-state index >= 15 is 0 Å². The first-order valence-corrected chi connectivity index (χ1v) is 13.3. The van der Waals surface area contributed by atoms with Crippen LogP contribution < -0.4 is 5.48 Å². The predicted molar refractivity (Wildman–Crippen MR) is 133 cm³/mol. The van der Waals surface area contributed by atoms with Crippen LogP contribution in [0.4, 0.5) is 0 Å². The van der Waals surface area contributed by atoms with E-state index in [1.165, 1.54) is 36.3 Å². The van der Waals surface area contributed by atoms with Crippen LogP contribution in [-0.4, -0.2) is 45.7 Å². The summed E-state index contributed by atoms with van der Waals surface area (Å²) >= 11 is 1.49. The second kappa shape index (κ2) is 11.1. The number of nitrogens with zero attached hydrogens (tertiary/aromatic N) is 1. The van der Waals surface area contributed by atoms with Gasteiger partial charge in [0.25, 0.3) is 5.91 Å². The molecule has 3 rings (SSSR count). The van der Waals surface area contributed by atoms with Crippen LogP contribution in [-0.2, 0) is 20.4 Å². The molecule has 3 aromatic rings. The molecule has 0 aliphatic carbocycles. The standard InChI is InChI=1S/C25H28N2O5S2/c1-18(33-17-20-6-4-3-5-7-20)16-25(29,24(28)27-30)19(2)34(31,32)23-10-8-21(9-11-23)22-12-14-26-15-13-22/h3-15,18-19,29-30H,16-17H2,1-2H3,(H,27,28). The fraction of sp³-hybridized carbons (Fsp3) is 0.280. The number of aliphatic hydroxyl groups is 1. The Morgan fingerprint density at radius 3 is 2.18 bits per heavy atom. The molecule has 0 saturated heterocycles. The minimum absolute atomic E-state index is 0.0217. The number of carbonyl (C=O) groups excluding carboxylic acids is 1. The van der Waals surface area contributed by atoms with Crippen molar-refractivity contribution < 1.29 is 23.5 Å². The van der Waals surface area contributed by atoms with Crippen molar-refractivity contribution in [2.45, 2.75) is 47.0 Å². The van der Waals surface area contributed by atoms with Crippen molar-refractivity contribution in [3.8, 4) is 11.1 Å². The summed E-state index contributed by atoms with van der Waals surface area (Å²) in [6, 6.07) is 19.5. The summed E-state index contributed by atoms with van der Waals surface area (Å²) in [7, 11) is -4.11. The number of hydroxylamine groups is 1. The Labute approximate surface area is 204 Å². The lowest BCUT2D eigenvalue weighted by Crippen LogP contribution is -2.57.